The molecule has 0 amide bonds. The summed E-state index contributed by atoms with van der Waals surface area (Å²) in [6, 6.07) is 48.8. The Hall–Kier alpha value is -6.19. The largest absolute Gasteiger partial charge is 0.318 e. The summed E-state index contributed by atoms with van der Waals surface area (Å²) >= 11 is 0. The Morgan fingerprint density at radius 1 is 0.580 bits per heavy atom. The molecule has 0 bridgehead atoms. The number of fused-ring (bicyclic) bond motifs is 8. The van der Waals surface area contributed by atoms with Crippen LogP contribution in [0.1, 0.15) is 24.3 Å². The molecule has 3 nitrogen and oxygen atoms in total. The summed E-state index contributed by atoms with van der Waals surface area (Å²) in [4.78, 5) is 7.95. The van der Waals surface area contributed by atoms with Gasteiger partial charge in [-0.25, -0.2) is 4.98 Å². The number of aromatic nitrogens is 2. The van der Waals surface area contributed by atoms with Crippen LogP contribution in [-0.4, -0.2) is 15.6 Å². The molecule has 2 aromatic heterocycles. The van der Waals surface area contributed by atoms with E-state index in [9.17, 15) is 0 Å². The Labute approximate surface area is 292 Å². The van der Waals surface area contributed by atoms with Crippen molar-refractivity contribution in [1.29, 1.82) is 0 Å². The zero-order chi connectivity index (χ0) is 33.0. The highest BCUT2D eigenvalue weighted by Crippen LogP contribution is 2.48. The lowest BCUT2D eigenvalue weighted by Gasteiger charge is -2.35. The van der Waals surface area contributed by atoms with E-state index < -0.39 is 0 Å². The van der Waals surface area contributed by atoms with Gasteiger partial charge in [-0.2, -0.15) is 0 Å². The highest BCUT2D eigenvalue weighted by molar-refractivity contribution is 6.11. The molecule has 1 aliphatic heterocycles. The summed E-state index contributed by atoms with van der Waals surface area (Å²) in [7, 11) is 0. The van der Waals surface area contributed by atoms with Crippen LogP contribution in [0.2, 0.25) is 0 Å². The number of rotatable bonds is 4. The van der Waals surface area contributed by atoms with Gasteiger partial charge in [-0.1, -0.05) is 134 Å². The number of hydrogen-bond acceptors (Lipinski definition) is 2. The zero-order valence-electron chi connectivity index (χ0n) is 27.7. The summed E-state index contributed by atoms with van der Waals surface area (Å²) in [5.74, 6) is 1.12. The van der Waals surface area contributed by atoms with Crippen LogP contribution in [0.4, 0.5) is 11.5 Å². The number of pyridine rings is 1. The second-order valence-electron chi connectivity index (χ2n) is 13.4. The number of allylic oxidation sites excluding steroid dienone is 6. The van der Waals surface area contributed by atoms with E-state index in [0.29, 0.717) is 0 Å². The molecule has 10 rings (SSSR count). The monoisotopic (exact) mass is 641 g/mol. The molecule has 2 unspecified atom stereocenters. The first kappa shape index (κ1) is 28.8. The molecule has 0 spiro atoms. The van der Waals surface area contributed by atoms with Crippen molar-refractivity contribution >= 4 is 39.0 Å². The molecule has 3 heteroatoms. The molecule has 2 aliphatic carbocycles. The Morgan fingerprint density at radius 2 is 1.36 bits per heavy atom. The van der Waals surface area contributed by atoms with Gasteiger partial charge in [0, 0.05) is 33.5 Å². The molecule has 0 saturated heterocycles. The number of benzene rings is 5. The van der Waals surface area contributed by atoms with Gasteiger partial charge in [0.25, 0.3) is 0 Å². The molecule has 5 aromatic carbocycles. The third kappa shape index (κ3) is 4.62. The number of para-hydroxylation sites is 2. The van der Waals surface area contributed by atoms with Crippen molar-refractivity contribution in [2.24, 2.45) is 0 Å². The van der Waals surface area contributed by atoms with E-state index >= 15 is 0 Å². The quantitative estimate of drug-likeness (QED) is 0.191. The number of nitrogens with zero attached hydrogens (tertiary/aromatic N) is 3. The SMILES string of the molecule is C1=CCCC(n2c3ccccc3c3cc(-c4cc(-c5ccccc5)nc(N5c6ccccc6-c6ccccc6C6C=CC=CC65)c4)ccc32)=C1. The predicted molar refractivity (Wildman–Crippen MR) is 210 cm³/mol. The minimum atomic E-state index is 0.0643. The van der Waals surface area contributed by atoms with E-state index in [1.165, 1.54) is 55.4 Å². The summed E-state index contributed by atoms with van der Waals surface area (Å²) in [6.07, 6.45) is 17.9. The fourth-order valence-electron chi connectivity index (χ4n) is 8.31. The molecular formula is C47H35N3. The molecule has 0 radical (unpaired) electrons. The third-order valence-corrected chi connectivity index (χ3v) is 10.6. The predicted octanol–water partition coefficient (Wildman–Crippen LogP) is 12.1. The van der Waals surface area contributed by atoms with Crippen molar-refractivity contribution < 1.29 is 0 Å². The van der Waals surface area contributed by atoms with Gasteiger partial charge < -0.3 is 9.47 Å². The maximum absolute atomic E-state index is 5.47. The fourth-order valence-corrected chi connectivity index (χ4v) is 8.31. The molecule has 0 saturated carbocycles. The maximum Gasteiger partial charge on any atom is 0.134 e. The normalized spacial score (nSPS) is 17.7. The molecule has 3 aliphatic rings. The van der Waals surface area contributed by atoms with Gasteiger partial charge >= 0.3 is 0 Å². The molecule has 0 N–H and O–H groups in total. The lowest BCUT2D eigenvalue weighted by molar-refractivity contribution is 0.692. The Kier molecular flexibility index (Phi) is 6.76. The minimum Gasteiger partial charge on any atom is -0.318 e. The summed E-state index contributed by atoms with van der Waals surface area (Å²) in [5.41, 5.74) is 13.3. The molecular weight excluding hydrogens is 607 g/mol. The molecule has 2 atom stereocenters. The van der Waals surface area contributed by atoms with Gasteiger partial charge in [-0.15, -0.1) is 0 Å². The third-order valence-electron chi connectivity index (χ3n) is 10.6. The van der Waals surface area contributed by atoms with E-state index in [0.717, 1.165) is 35.5 Å². The highest BCUT2D eigenvalue weighted by atomic mass is 15.2. The number of anilines is 2. The van der Waals surface area contributed by atoms with Crippen LogP contribution in [0.25, 0.3) is 61.0 Å². The average Bonchev–Trinajstić information content (AvgIpc) is 3.46. The summed E-state index contributed by atoms with van der Waals surface area (Å²) < 4.78 is 2.46. The second-order valence-corrected chi connectivity index (χ2v) is 13.4. The summed E-state index contributed by atoms with van der Waals surface area (Å²) in [6.45, 7) is 0. The van der Waals surface area contributed by atoms with Crippen LogP contribution < -0.4 is 4.90 Å². The van der Waals surface area contributed by atoms with Crippen LogP contribution in [0.3, 0.4) is 0 Å². The summed E-state index contributed by atoms with van der Waals surface area (Å²) in [5, 5.41) is 2.54. The topological polar surface area (TPSA) is 21.1 Å². The Balaban J connectivity index is 1.21. The van der Waals surface area contributed by atoms with Crippen LogP contribution in [0.5, 0.6) is 0 Å². The second kappa shape index (κ2) is 11.7. The van der Waals surface area contributed by atoms with E-state index in [-0.39, 0.29) is 12.0 Å². The molecule has 238 valence electrons. The molecule has 7 aromatic rings. The van der Waals surface area contributed by atoms with Crippen molar-refractivity contribution in [1.82, 2.24) is 9.55 Å². The lowest BCUT2D eigenvalue weighted by atomic mass is 9.85. The van der Waals surface area contributed by atoms with E-state index in [4.69, 9.17) is 4.98 Å². The minimum absolute atomic E-state index is 0.0643. The first-order chi connectivity index (χ1) is 24.8. The average molecular weight is 642 g/mol. The zero-order valence-corrected chi connectivity index (χ0v) is 27.7. The van der Waals surface area contributed by atoms with Gasteiger partial charge in [0.05, 0.1) is 28.5 Å². The van der Waals surface area contributed by atoms with Gasteiger partial charge in [0.15, 0.2) is 0 Å². The Bertz CT molecular complexity index is 2560. The highest BCUT2D eigenvalue weighted by Gasteiger charge is 2.35. The van der Waals surface area contributed by atoms with Crippen molar-refractivity contribution in [2.45, 2.75) is 24.8 Å². The van der Waals surface area contributed by atoms with Crippen molar-refractivity contribution in [3.8, 4) is 33.5 Å². The van der Waals surface area contributed by atoms with Crippen molar-refractivity contribution in [2.75, 3.05) is 4.90 Å². The number of hydrogen-bond donors (Lipinski definition) is 0. The molecule has 3 heterocycles. The first-order valence-corrected chi connectivity index (χ1v) is 17.6. The van der Waals surface area contributed by atoms with Crippen LogP contribution >= 0.6 is 0 Å². The fraction of sp³-hybridized carbons (Fsp3) is 0.0851. The van der Waals surface area contributed by atoms with E-state index in [1.807, 2.05) is 0 Å². The van der Waals surface area contributed by atoms with Gasteiger partial charge in [-0.3, -0.25) is 0 Å². The standard InChI is InChI=1S/C47H35N3/c1-3-15-32(16-4-1)42-30-34(33-27-28-46-41(29-33)40-23-11-12-24-43(40)49(46)35-17-5-2-6-18-35)31-47(48-42)50-44-25-13-9-21-38(44)36-19-7-8-20-37(36)39-22-10-14-26-45(39)50/h1-5,7-17,19-31,38,44H,6,18H2. The van der Waals surface area contributed by atoms with Gasteiger partial charge in [0.2, 0.25) is 0 Å². The molecule has 0 fully saturated rings. The maximum atomic E-state index is 5.47. The van der Waals surface area contributed by atoms with Crippen molar-refractivity contribution in [3.63, 3.8) is 0 Å². The smallest absolute Gasteiger partial charge is 0.134 e. The lowest BCUT2D eigenvalue weighted by Crippen LogP contribution is -2.35. The van der Waals surface area contributed by atoms with Gasteiger partial charge in [0.1, 0.15) is 5.82 Å². The van der Waals surface area contributed by atoms with Crippen LogP contribution in [0.15, 0.2) is 176 Å². The van der Waals surface area contributed by atoms with Gasteiger partial charge in [-0.05, 0) is 77.6 Å². The van der Waals surface area contributed by atoms with Crippen LogP contribution in [0, 0.1) is 0 Å². The first-order valence-electron chi connectivity index (χ1n) is 17.6. The van der Waals surface area contributed by atoms with Crippen molar-refractivity contribution in [3.05, 3.63) is 182 Å². The molecule has 50 heavy (non-hydrogen) atoms. The Morgan fingerprint density at radius 3 is 2.26 bits per heavy atom. The van der Waals surface area contributed by atoms with Crippen LogP contribution in [-0.2, 0) is 0 Å². The van der Waals surface area contributed by atoms with E-state index in [1.54, 1.807) is 0 Å². The van der Waals surface area contributed by atoms with E-state index in [2.05, 4.69) is 185 Å².